The number of H-pyrrole nitrogens is 4. The van der Waals surface area contributed by atoms with Gasteiger partial charge in [0.1, 0.15) is 0 Å². The normalized spacial score (nSPS) is 11.3. The average molecular weight is 936 g/mol. The number of hydrogen-bond acceptors (Lipinski definition) is 0. The summed E-state index contributed by atoms with van der Waals surface area (Å²) in [7, 11) is 0. The number of benzene rings is 4. The minimum atomic E-state index is 0. The third kappa shape index (κ3) is 10.2. The molecule has 8 bridgehead atoms. The predicted molar refractivity (Wildman–Crippen MR) is 240 cm³/mol. The third-order valence-corrected chi connectivity index (χ3v) is 10.4. The maximum absolute atomic E-state index is 6.38. The molecular weight excluding hydrogens is 900 g/mol. The van der Waals surface area contributed by atoms with Gasteiger partial charge >= 0.3 is 51.8 Å². The molecule has 0 saturated carbocycles. The van der Waals surface area contributed by atoms with Gasteiger partial charge < -0.3 is 41.8 Å². The zero-order valence-electron chi connectivity index (χ0n) is 30.9. The Bertz CT molecular complexity index is 2500. The van der Waals surface area contributed by atoms with Crippen molar-refractivity contribution in [1.82, 2.24) is 19.9 Å². The standard InChI is InChI=1S/C44H28Cl4N4.2Al.Fe.4H2O/c45-29-9-1-25(2-10-29)41-33-17-19-35(49-33)42(26-3-11-30(46)12-4-26)37-21-23-39(51-37)44(28-7-15-32(48)16-8-28)40-24-22-38(52-40)43(36-20-18-34(41)50-36)27-5-13-31(47)14-6-27;;;;;;;/h1-24,49-52H;;;;4*1H2/q;3*+3;;;;. The van der Waals surface area contributed by atoms with Crippen LogP contribution >= 0.6 is 46.4 Å². The molecule has 0 saturated heterocycles. The monoisotopic (exact) mass is 934 g/mol. The number of aromatic nitrogens is 4. The van der Waals surface area contributed by atoms with Gasteiger partial charge in [0.2, 0.25) is 0 Å². The maximum atomic E-state index is 6.38. The largest absolute Gasteiger partial charge is 3.00 e. The molecule has 5 heterocycles. The molecule has 289 valence electrons. The molecule has 0 aliphatic carbocycles. The summed E-state index contributed by atoms with van der Waals surface area (Å²) in [5.41, 5.74) is 11.8. The van der Waals surface area contributed by atoms with Crippen LogP contribution in [0.5, 0.6) is 0 Å². The van der Waals surface area contributed by atoms with Crippen LogP contribution in [0.1, 0.15) is 45.0 Å². The molecule has 15 heteroatoms. The number of hydrogen-bond donors (Lipinski definition) is 4. The first-order valence-electron chi connectivity index (χ1n) is 16.7. The van der Waals surface area contributed by atoms with Gasteiger partial charge in [0, 0.05) is 86.6 Å². The van der Waals surface area contributed by atoms with Crippen LogP contribution in [0.2, 0.25) is 20.1 Å². The van der Waals surface area contributed by atoms with Crippen molar-refractivity contribution >= 4 is 103 Å². The summed E-state index contributed by atoms with van der Waals surface area (Å²) >= 11 is 25.5. The number of halogens is 4. The van der Waals surface area contributed by atoms with E-state index in [9.17, 15) is 0 Å². The summed E-state index contributed by atoms with van der Waals surface area (Å²) in [4.78, 5) is 15.2. The summed E-state index contributed by atoms with van der Waals surface area (Å²) < 4.78 is 0. The van der Waals surface area contributed by atoms with Crippen LogP contribution in [0.4, 0.5) is 0 Å². The van der Waals surface area contributed by atoms with Gasteiger partial charge in [-0.2, -0.15) is 0 Å². The Morgan fingerprint density at radius 3 is 0.627 bits per heavy atom. The zero-order chi connectivity index (χ0) is 35.3. The van der Waals surface area contributed by atoms with Gasteiger partial charge in [0.05, 0.1) is 0 Å². The zero-order valence-corrected chi connectivity index (χ0v) is 37.3. The van der Waals surface area contributed by atoms with Gasteiger partial charge in [0.15, 0.2) is 0 Å². The fourth-order valence-corrected chi connectivity index (χ4v) is 7.54. The van der Waals surface area contributed by atoms with E-state index < -0.39 is 0 Å². The van der Waals surface area contributed by atoms with Gasteiger partial charge in [-0.1, -0.05) is 94.9 Å². The number of fused-ring (bicyclic) bond motifs is 8. The van der Waals surface area contributed by atoms with Gasteiger partial charge in [-0.3, -0.25) is 0 Å². The van der Waals surface area contributed by atoms with Gasteiger partial charge in [-0.15, -0.1) is 0 Å². The molecule has 0 atom stereocenters. The number of rotatable bonds is 4. The third-order valence-electron chi connectivity index (χ3n) is 9.43. The minimum absolute atomic E-state index is 0. The van der Waals surface area contributed by atoms with Crippen molar-refractivity contribution in [3.05, 3.63) is 232 Å². The molecule has 59 heavy (non-hydrogen) atoms. The van der Waals surface area contributed by atoms with Crippen LogP contribution in [0.25, 0.3) is 22.3 Å². The predicted octanol–water partition coefficient (Wildman–Crippen LogP) is 4.85. The van der Waals surface area contributed by atoms with Crippen LogP contribution in [0.3, 0.4) is 0 Å². The molecule has 1 aliphatic heterocycles. The van der Waals surface area contributed by atoms with E-state index in [0.717, 1.165) is 88.7 Å². The Hall–Kier alpha value is -3.94. The molecule has 0 spiro atoms. The summed E-state index contributed by atoms with van der Waals surface area (Å²) in [5.74, 6) is 0. The Morgan fingerprint density at radius 2 is 0.441 bits per heavy atom. The molecule has 8 aromatic rings. The average Bonchev–Trinajstić information content (AvgIpc) is 3.99. The van der Waals surface area contributed by atoms with Crippen molar-refractivity contribution in [1.29, 1.82) is 0 Å². The fraction of sp³-hybridized carbons (Fsp3) is 0. The Morgan fingerprint density at radius 1 is 0.254 bits per heavy atom. The van der Waals surface area contributed by atoms with Crippen molar-refractivity contribution in [2.45, 2.75) is 0 Å². The summed E-state index contributed by atoms with van der Waals surface area (Å²) in [6.45, 7) is 0. The van der Waals surface area contributed by atoms with Crippen LogP contribution < -0.4 is 21.4 Å². The van der Waals surface area contributed by atoms with Crippen molar-refractivity contribution < 1.29 is 39.0 Å². The number of nitrogens with one attached hydrogen (secondary N) is 4. The maximum Gasteiger partial charge on any atom is 3.00 e. The van der Waals surface area contributed by atoms with Crippen LogP contribution in [-0.4, -0.2) is 76.6 Å². The molecule has 8 nitrogen and oxygen atoms in total. The first-order chi connectivity index (χ1) is 25.4. The van der Waals surface area contributed by atoms with E-state index in [0.29, 0.717) is 20.1 Å². The topological polar surface area (TPSA) is 189 Å². The van der Waals surface area contributed by atoms with Gasteiger partial charge in [-0.05, 0) is 119 Å². The van der Waals surface area contributed by atoms with Gasteiger partial charge in [0.25, 0.3) is 0 Å². The van der Waals surface area contributed by atoms with E-state index >= 15 is 0 Å². The SMILES string of the molecule is Clc1ccc(C2=c3ccc([nH]3)=C(c3ccc(Cl)cc3)c3ccc([nH]3)C(c3ccc(Cl)cc3)=c3ccc([nH]3)=C(c3ccc(Cl)cc3)c3ccc2[nH]3)cc1.O.O.O.O.[Al+3].[Al+3].[Fe+3]. The van der Waals surface area contributed by atoms with E-state index in [1.54, 1.807) is 0 Å². The molecule has 9 rings (SSSR count). The summed E-state index contributed by atoms with van der Waals surface area (Å²) in [6, 6.07) is 48.8. The Balaban J connectivity index is 0.00000171. The Labute approximate surface area is 391 Å². The fourth-order valence-electron chi connectivity index (χ4n) is 7.04. The summed E-state index contributed by atoms with van der Waals surface area (Å²) in [5, 5.41) is 6.47. The second kappa shape index (κ2) is 21.5. The number of aromatic amines is 4. The van der Waals surface area contributed by atoms with Crippen LogP contribution in [0, 0.1) is 0 Å². The molecule has 0 fully saturated rings. The first-order valence-corrected chi connectivity index (χ1v) is 18.2. The molecule has 12 N–H and O–H groups in total. The van der Waals surface area contributed by atoms with Crippen LogP contribution in [0.15, 0.2) is 146 Å². The van der Waals surface area contributed by atoms with Crippen molar-refractivity contribution in [2.24, 2.45) is 0 Å². The molecule has 1 aliphatic rings. The second-order valence-corrected chi connectivity index (χ2v) is 14.4. The van der Waals surface area contributed by atoms with Crippen molar-refractivity contribution in [3.63, 3.8) is 0 Å². The molecule has 4 aromatic heterocycles. The van der Waals surface area contributed by atoms with Crippen LogP contribution in [-0.2, 0) is 17.1 Å². The smallest absolute Gasteiger partial charge is 0.412 e. The molecule has 0 amide bonds. The second-order valence-electron chi connectivity index (χ2n) is 12.7. The van der Waals surface area contributed by atoms with E-state index in [4.69, 9.17) is 46.4 Å². The van der Waals surface area contributed by atoms with Crippen molar-refractivity contribution in [2.75, 3.05) is 0 Å². The molecular formula is C44H36Al2Cl4FeN4O4+9. The van der Waals surface area contributed by atoms with E-state index in [1.165, 1.54) is 0 Å². The van der Waals surface area contributed by atoms with E-state index in [2.05, 4.69) is 68.5 Å². The first kappa shape index (κ1) is 51.2. The van der Waals surface area contributed by atoms with E-state index in [-0.39, 0.29) is 73.7 Å². The Kier molecular flexibility index (Phi) is 18.7. The molecule has 1 radical (unpaired) electrons. The van der Waals surface area contributed by atoms with Crippen molar-refractivity contribution in [3.8, 4) is 0 Å². The summed E-state index contributed by atoms with van der Waals surface area (Å²) in [6.07, 6.45) is 0. The van der Waals surface area contributed by atoms with Gasteiger partial charge in [-0.25, -0.2) is 0 Å². The van der Waals surface area contributed by atoms with E-state index in [1.807, 2.05) is 97.1 Å². The minimum Gasteiger partial charge on any atom is -0.412 e. The quantitative estimate of drug-likeness (QED) is 0.176. The molecule has 0 unspecified atom stereocenters. The molecule has 4 aromatic carbocycles.